The van der Waals surface area contributed by atoms with Gasteiger partial charge in [-0.1, -0.05) is 13.8 Å². The summed E-state index contributed by atoms with van der Waals surface area (Å²) in [4.78, 5) is 2.37. The molecular weight excluding hydrogens is 148 g/mol. The summed E-state index contributed by atoms with van der Waals surface area (Å²) in [6, 6.07) is 2.27. The Morgan fingerprint density at radius 3 is 2.08 bits per heavy atom. The van der Waals surface area contributed by atoms with Gasteiger partial charge in [0.15, 0.2) is 0 Å². The predicted molar refractivity (Wildman–Crippen MR) is 51.8 cm³/mol. The van der Waals surface area contributed by atoms with E-state index in [1.807, 2.05) is 6.92 Å². The Kier molecular flexibility index (Phi) is 6.79. The van der Waals surface area contributed by atoms with Crippen LogP contribution in [0.15, 0.2) is 0 Å². The SMILES string of the molecule is CCCN(CCC)CC(C)C#N. The van der Waals surface area contributed by atoms with Crippen LogP contribution >= 0.6 is 0 Å². The molecule has 0 saturated heterocycles. The number of hydrogen-bond acceptors (Lipinski definition) is 2. The van der Waals surface area contributed by atoms with Gasteiger partial charge in [-0.05, 0) is 32.9 Å². The second-order valence-electron chi connectivity index (χ2n) is 3.33. The van der Waals surface area contributed by atoms with Crippen LogP contribution in [-0.4, -0.2) is 24.5 Å². The van der Waals surface area contributed by atoms with Crippen LogP contribution in [0.2, 0.25) is 0 Å². The Labute approximate surface area is 76.2 Å². The topological polar surface area (TPSA) is 27.0 Å². The first-order valence-corrected chi connectivity index (χ1v) is 4.86. The molecule has 0 aliphatic rings. The normalized spacial score (nSPS) is 12.9. The molecule has 0 aliphatic carbocycles. The summed E-state index contributed by atoms with van der Waals surface area (Å²) in [5, 5.41) is 8.64. The summed E-state index contributed by atoms with van der Waals surface area (Å²) in [6.07, 6.45) is 2.36. The van der Waals surface area contributed by atoms with E-state index < -0.39 is 0 Å². The average Bonchev–Trinajstić information content (AvgIpc) is 2.05. The molecule has 0 spiro atoms. The van der Waals surface area contributed by atoms with E-state index in [2.05, 4.69) is 24.8 Å². The van der Waals surface area contributed by atoms with Crippen molar-refractivity contribution in [2.75, 3.05) is 19.6 Å². The largest absolute Gasteiger partial charge is 0.302 e. The molecule has 0 bridgehead atoms. The molecule has 0 aromatic carbocycles. The van der Waals surface area contributed by atoms with Crippen LogP contribution in [0, 0.1) is 17.2 Å². The molecule has 0 heterocycles. The van der Waals surface area contributed by atoms with Crippen molar-refractivity contribution in [3.8, 4) is 6.07 Å². The standard InChI is InChI=1S/C10H20N2/c1-4-6-12(7-5-2)9-10(3)8-11/h10H,4-7,9H2,1-3H3. The summed E-state index contributed by atoms with van der Waals surface area (Å²) in [7, 11) is 0. The third-order valence-electron chi connectivity index (χ3n) is 1.83. The van der Waals surface area contributed by atoms with Gasteiger partial charge in [-0.3, -0.25) is 0 Å². The van der Waals surface area contributed by atoms with Gasteiger partial charge in [-0.2, -0.15) is 5.26 Å². The zero-order valence-electron chi connectivity index (χ0n) is 8.51. The fourth-order valence-electron chi connectivity index (χ4n) is 1.35. The van der Waals surface area contributed by atoms with Crippen LogP contribution in [0.3, 0.4) is 0 Å². The molecule has 2 heteroatoms. The van der Waals surface area contributed by atoms with E-state index in [-0.39, 0.29) is 5.92 Å². The van der Waals surface area contributed by atoms with Crippen molar-refractivity contribution in [2.24, 2.45) is 5.92 Å². The van der Waals surface area contributed by atoms with E-state index >= 15 is 0 Å². The Balaban J connectivity index is 3.70. The van der Waals surface area contributed by atoms with Gasteiger partial charge in [-0.25, -0.2) is 0 Å². The maximum atomic E-state index is 8.64. The van der Waals surface area contributed by atoms with Crippen LogP contribution < -0.4 is 0 Å². The molecule has 12 heavy (non-hydrogen) atoms. The Hall–Kier alpha value is -0.550. The van der Waals surface area contributed by atoms with Crippen molar-refractivity contribution in [1.29, 1.82) is 5.26 Å². The summed E-state index contributed by atoms with van der Waals surface area (Å²) in [5.41, 5.74) is 0. The fourth-order valence-corrected chi connectivity index (χ4v) is 1.35. The average molecular weight is 168 g/mol. The summed E-state index contributed by atoms with van der Waals surface area (Å²) in [6.45, 7) is 9.52. The number of nitriles is 1. The van der Waals surface area contributed by atoms with Crippen LogP contribution in [0.5, 0.6) is 0 Å². The molecule has 0 amide bonds. The molecule has 0 aromatic rings. The molecule has 1 unspecified atom stereocenters. The van der Waals surface area contributed by atoms with E-state index in [1.54, 1.807) is 0 Å². The maximum absolute atomic E-state index is 8.64. The molecule has 0 fully saturated rings. The first-order valence-electron chi connectivity index (χ1n) is 4.86. The first kappa shape index (κ1) is 11.4. The lowest BCUT2D eigenvalue weighted by atomic mass is 10.2. The van der Waals surface area contributed by atoms with Crippen molar-refractivity contribution in [3.63, 3.8) is 0 Å². The minimum atomic E-state index is 0.170. The molecular formula is C10H20N2. The van der Waals surface area contributed by atoms with E-state index in [9.17, 15) is 0 Å². The molecule has 70 valence electrons. The number of hydrogen-bond donors (Lipinski definition) is 0. The van der Waals surface area contributed by atoms with Crippen molar-refractivity contribution in [1.82, 2.24) is 4.90 Å². The summed E-state index contributed by atoms with van der Waals surface area (Å²) < 4.78 is 0. The molecule has 0 N–H and O–H groups in total. The second-order valence-corrected chi connectivity index (χ2v) is 3.33. The molecule has 0 aliphatic heterocycles. The van der Waals surface area contributed by atoms with Gasteiger partial charge in [0.2, 0.25) is 0 Å². The summed E-state index contributed by atoms with van der Waals surface area (Å²) in [5.74, 6) is 0.170. The molecule has 0 rings (SSSR count). The predicted octanol–water partition coefficient (Wildman–Crippen LogP) is 2.27. The van der Waals surface area contributed by atoms with Crippen LogP contribution in [0.1, 0.15) is 33.6 Å². The lowest BCUT2D eigenvalue weighted by molar-refractivity contribution is 0.256. The zero-order valence-corrected chi connectivity index (χ0v) is 8.51. The fraction of sp³-hybridized carbons (Fsp3) is 0.900. The Bertz CT molecular complexity index is 131. The van der Waals surface area contributed by atoms with E-state index in [0.29, 0.717) is 0 Å². The van der Waals surface area contributed by atoms with Gasteiger partial charge in [0.25, 0.3) is 0 Å². The maximum Gasteiger partial charge on any atom is 0.0666 e. The third kappa shape index (κ3) is 5.15. The molecule has 0 radical (unpaired) electrons. The highest BCUT2D eigenvalue weighted by atomic mass is 15.1. The summed E-state index contributed by atoms with van der Waals surface area (Å²) >= 11 is 0. The first-order chi connectivity index (χ1) is 5.74. The minimum Gasteiger partial charge on any atom is -0.302 e. The van der Waals surface area contributed by atoms with Crippen LogP contribution in [-0.2, 0) is 0 Å². The van der Waals surface area contributed by atoms with Crippen molar-refractivity contribution >= 4 is 0 Å². The molecule has 0 aromatic heterocycles. The quantitative estimate of drug-likeness (QED) is 0.608. The Morgan fingerprint density at radius 2 is 1.75 bits per heavy atom. The van der Waals surface area contributed by atoms with E-state index in [0.717, 1.165) is 19.6 Å². The van der Waals surface area contributed by atoms with Gasteiger partial charge in [0.05, 0.1) is 12.0 Å². The third-order valence-corrected chi connectivity index (χ3v) is 1.83. The van der Waals surface area contributed by atoms with Gasteiger partial charge in [0, 0.05) is 6.54 Å². The number of nitrogens with zero attached hydrogens (tertiary/aromatic N) is 2. The second kappa shape index (κ2) is 7.12. The number of rotatable bonds is 6. The molecule has 2 nitrogen and oxygen atoms in total. The molecule has 1 atom stereocenters. The zero-order chi connectivity index (χ0) is 9.40. The smallest absolute Gasteiger partial charge is 0.0666 e. The van der Waals surface area contributed by atoms with Crippen molar-refractivity contribution < 1.29 is 0 Å². The van der Waals surface area contributed by atoms with Crippen LogP contribution in [0.25, 0.3) is 0 Å². The van der Waals surface area contributed by atoms with Crippen molar-refractivity contribution in [2.45, 2.75) is 33.6 Å². The molecule has 0 saturated carbocycles. The van der Waals surface area contributed by atoms with E-state index in [4.69, 9.17) is 5.26 Å². The van der Waals surface area contributed by atoms with Crippen LogP contribution in [0.4, 0.5) is 0 Å². The van der Waals surface area contributed by atoms with Gasteiger partial charge < -0.3 is 4.90 Å². The highest BCUT2D eigenvalue weighted by molar-refractivity contribution is 4.81. The van der Waals surface area contributed by atoms with Gasteiger partial charge >= 0.3 is 0 Å². The Morgan fingerprint density at radius 1 is 1.25 bits per heavy atom. The highest BCUT2D eigenvalue weighted by Crippen LogP contribution is 2.00. The van der Waals surface area contributed by atoms with Gasteiger partial charge in [0.1, 0.15) is 0 Å². The lowest BCUT2D eigenvalue weighted by Crippen LogP contribution is -2.29. The van der Waals surface area contributed by atoms with Gasteiger partial charge in [-0.15, -0.1) is 0 Å². The van der Waals surface area contributed by atoms with Crippen molar-refractivity contribution in [3.05, 3.63) is 0 Å². The highest BCUT2D eigenvalue weighted by Gasteiger charge is 2.06. The lowest BCUT2D eigenvalue weighted by Gasteiger charge is -2.21. The monoisotopic (exact) mass is 168 g/mol. The van der Waals surface area contributed by atoms with E-state index in [1.165, 1.54) is 12.8 Å². The minimum absolute atomic E-state index is 0.170.